The Hall–Kier alpha value is -2.96. The molecule has 1 atom stereocenters. The molecule has 1 N–H and O–H groups in total. The zero-order valence-corrected chi connectivity index (χ0v) is 13.1. The smallest absolute Gasteiger partial charge is 0.275 e. The maximum absolute atomic E-state index is 12.4. The van der Waals surface area contributed by atoms with Crippen molar-refractivity contribution in [2.24, 2.45) is 0 Å². The van der Waals surface area contributed by atoms with Gasteiger partial charge in [0, 0.05) is 36.8 Å². The molecule has 3 heterocycles. The summed E-state index contributed by atoms with van der Waals surface area (Å²) in [6.07, 6.45) is 7.00. The van der Waals surface area contributed by atoms with Crippen molar-refractivity contribution < 1.29 is 4.79 Å². The summed E-state index contributed by atoms with van der Waals surface area (Å²) in [6, 6.07) is 7.29. The normalized spacial score (nSPS) is 16.8. The summed E-state index contributed by atoms with van der Waals surface area (Å²) >= 11 is 0. The first-order valence-corrected chi connectivity index (χ1v) is 7.95. The Morgan fingerprint density at radius 1 is 1.33 bits per heavy atom. The van der Waals surface area contributed by atoms with Gasteiger partial charge in [-0.2, -0.15) is 5.10 Å². The third kappa shape index (κ3) is 2.68. The van der Waals surface area contributed by atoms with E-state index in [2.05, 4.69) is 20.0 Å². The molecule has 3 aromatic rings. The molecule has 24 heavy (non-hydrogen) atoms. The van der Waals surface area contributed by atoms with E-state index in [1.54, 1.807) is 24.5 Å². The summed E-state index contributed by atoms with van der Waals surface area (Å²) in [7, 11) is 0. The number of rotatable bonds is 3. The number of nitrogens with zero attached hydrogens (tertiary/aromatic N) is 4. The number of benzene rings is 1. The van der Waals surface area contributed by atoms with Gasteiger partial charge in [0.25, 0.3) is 5.56 Å². The van der Waals surface area contributed by atoms with Crippen LogP contribution in [0.1, 0.15) is 12.2 Å². The molecule has 122 valence electrons. The monoisotopic (exact) mass is 323 g/mol. The Labute approximate surface area is 137 Å². The zero-order chi connectivity index (χ0) is 16.5. The molecular weight excluding hydrogens is 306 g/mol. The first-order chi connectivity index (χ1) is 11.7. The van der Waals surface area contributed by atoms with Crippen LogP contribution in [0.25, 0.3) is 10.8 Å². The standard InChI is InChI=1S/C17H17N5O2/c23-16(20-13-5-6-15-18-7-8-21(15)10-13)11-22-17(24)14-4-2-1-3-12(14)9-19-22/h1-4,7-9,13H,5-6,10-11H2,(H,20,23)/t13-/m1/s1. The van der Waals surface area contributed by atoms with Crippen molar-refractivity contribution >= 4 is 16.7 Å². The lowest BCUT2D eigenvalue weighted by Crippen LogP contribution is -2.43. The fourth-order valence-corrected chi connectivity index (χ4v) is 3.13. The highest BCUT2D eigenvalue weighted by Gasteiger charge is 2.20. The van der Waals surface area contributed by atoms with E-state index in [-0.39, 0.29) is 24.1 Å². The summed E-state index contributed by atoms with van der Waals surface area (Å²) in [6.45, 7) is 0.637. The van der Waals surface area contributed by atoms with Crippen molar-refractivity contribution in [3.8, 4) is 0 Å². The van der Waals surface area contributed by atoms with Gasteiger partial charge >= 0.3 is 0 Å². The highest BCUT2D eigenvalue weighted by atomic mass is 16.2. The van der Waals surface area contributed by atoms with Crippen molar-refractivity contribution in [1.82, 2.24) is 24.6 Å². The second-order valence-corrected chi connectivity index (χ2v) is 5.99. The second-order valence-electron chi connectivity index (χ2n) is 5.99. The molecule has 4 rings (SSSR count). The molecule has 0 aliphatic carbocycles. The minimum absolute atomic E-state index is 0.0513. The number of fused-ring (bicyclic) bond motifs is 2. The number of carbonyl (C=O) groups excluding carboxylic acids is 1. The van der Waals surface area contributed by atoms with Crippen molar-refractivity contribution in [2.75, 3.05) is 0 Å². The molecule has 0 unspecified atom stereocenters. The fraction of sp³-hybridized carbons (Fsp3) is 0.294. The number of aromatic nitrogens is 4. The van der Waals surface area contributed by atoms with Crippen LogP contribution in [-0.2, 0) is 24.3 Å². The molecule has 0 radical (unpaired) electrons. The minimum atomic E-state index is -0.246. The maximum atomic E-state index is 12.4. The lowest BCUT2D eigenvalue weighted by molar-refractivity contribution is -0.122. The predicted molar refractivity (Wildman–Crippen MR) is 88.5 cm³/mol. The largest absolute Gasteiger partial charge is 0.350 e. The number of hydrogen-bond donors (Lipinski definition) is 1. The van der Waals surface area contributed by atoms with E-state index in [1.807, 2.05) is 18.3 Å². The van der Waals surface area contributed by atoms with Crippen LogP contribution in [0, 0.1) is 0 Å². The fourth-order valence-electron chi connectivity index (χ4n) is 3.13. The second kappa shape index (κ2) is 5.92. The Kier molecular flexibility index (Phi) is 3.60. The van der Waals surface area contributed by atoms with Crippen LogP contribution in [0.5, 0.6) is 0 Å². The molecule has 1 aliphatic rings. The van der Waals surface area contributed by atoms with Gasteiger partial charge in [0.15, 0.2) is 0 Å². The maximum Gasteiger partial charge on any atom is 0.275 e. The highest BCUT2D eigenvalue weighted by Crippen LogP contribution is 2.13. The molecule has 1 aromatic carbocycles. The number of imidazole rings is 1. The van der Waals surface area contributed by atoms with Crippen molar-refractivity contribution in [3.63, 3.8) is 0 Å². The molecule has 0 saturated carbocycles. The van der Waals surface area contributed by atoms with Crippen molar-refractivity contribution in [1.29, 1.82) is 0 Å². The van der Waals surface area contributed by atoms with Crippen LogP contribution in [-0.4, -0.2) is 31.3 Å². The summed E-state index contributed by atoms with van der Waals surface area (Å²) in [5.74, 6) is 0.848. The van der Waals surface area contributed by atoms with Gasteiger partial charge in [-0.1, -0.05) is 18.2 Å². The Morgan fingerprint density at radius 2 is 2.21 bits per heavy atom. The SMILES string of the molecule is O=C(Cn1ncc2ccccc2c1=O)N[C@@H]1CCc2nccn2C1. The molecule has 0 bridgehead atoms. The van der Waals surface area contributed by atoms with Gasteiger partial charge in [0.1, 0.15) is 12.4 Å². The lowest BCUT2D eigenvalue weighted by atomic mass is 10.1. The summed E-state index contributed by atoms with van der Waals surface area (Å²) < 4.78 is 3.26. The average molecular weight is 323 g/mol. The predicted octanol–water partition coefficient (Wildman–Crippen LogP) is 0.724. The summed E-state index contributed by atoms with van der Waals surface area (Å²) in [5.41, 5.74) is -0.246. The van der Waals surface area contributed by atoms with Gasteiger partial charge in [0.2, 0.25) is 5.91 Å². The van der Waals surface area contributed by atoms with Crippen LogP contribution in [0.15, 0.2) is 47.7 Å². The van der Waals surface area contributed by atoms with E-state index in [4.69, 9.17) is 0 Å². The molecule has 0 spiro atoms. The van der Waals surface area contributed by atoms with Gasteiger partial charge < -0.3 is 9.88 Å². The van der Waals surface area contributed by atoms with E-state index < -0.39 is 0 Å². The van der Waals surface area contributed by atoms with Crippen LogP contribution in [0.3, 0.4) is 0 Å². The minimum Gasteiger partial charge on any atom is -0.350 e. The topological polar surface area (TPSA) is 81.8 Å². The Morgan fingerprint density at radius 3 is 3.12 bits per heavy atom. The van der Waals surface area contributed by atoms with E-state index in [1.165, 1.54) is 4.68 Å². The molecule has 1 aliphatic heterocycles. The van der Waals surface area contributed by atoms with Crippen LogP contribution in [0.2, 0.25) is 0 Å². The van der Waals surface area contributed by atoms with Crippen LogP contribution in [0.4, 0.5) is 0 Å². The van der Waals surface area contributed by atoms with E-state index >= 15 is 0 Å². The summed E-state index contributed by atoms with van der Waals surface area (Å²) in [4.78, 5) is 29.0. The number of amides is 1. The van der Waals surface area contributed by atoms with E-state index in [0.29, 0.717) is 11.9 Å². The number of hydrogen-bond acceptors (Lipinski definition) is 4. The molecule has 7 heteroatoms. The Balaban J connectivity index is 1.47. The van der Waals surface area contributed by atoms with Crippen molar-refractivity contribution in [3.05, 3.63) is 59.0 Å². The molecule has 2 aromatic heterocycles. The number of nitrogens with one attached hydrogen (secondary N) is 1. The third-order valence-electron chi connectivity index (χ3n) is 4.36. The third-order valence-corrected chi connectivity index (χ3v) is 4.36. The van der Waals surface area contributed by atoms with Gasteiger partial charge in [0.05, 0.1) is 11.6 Å². The molecule has 0 fully saturated rings. The summed E-state index contributed by atoms with van der Waals surface area (Å²) in [5, 5.41) is 8.43. The highest BCUT2D eigenvalue weighted by molar-refractivity contribution is 5.81. The molecule has 7 nitrogen and oxygen atoms in total. The average Bonchev–Trinajstić information content (AvgIpc) is 3.05. The van der Waals surface area contributed by atoms with Gasteiger partial charge in [-0.05, 0) is 12.5 Å². The zero-order valence-electron chi connectivity index (χ0n) is 13.1. The Bertz CT molecular complexity index is 959. The first-order valence-electron chi connectivity index (χ1n) is 7.95. The molecular formula is C17H17N5O2. The first kappa shape index (κ1) is 14.6. The van der Waals surface area contributed by atoms with Crippen LogP contribution >= 0.6 is 0 Å². The van der Waals surface area contributed by atoms with Gasteiger partial charge in [-0.25, -0.2) is 9.67 Å². The molecule has 1 amide bonds. The van der Waals surface area contributed by atoms with Gasteiger partial charge in [-0.15, -0.1) is 0 Å². The van der Waals surface area contributed by atoms with E-state index in [0.717, 1.165) is 24.1 Å². The lowest BCUT2D eigenvalue weighted by Gasteiger charge is -2.24. The quantitative estimate of drug-likeness (QED) is 0.770. The number of aryl methyl sites for hydroxylation is 1. The number of carbonyl (C=O) groups is 1. The molecule has 0 saturated heterocycles. The van der Waals surface area contributed by atoms with Crippen LogP contribution < -0.4 is 10.9 Å². The van der Waals surface area contributed by atoms with E-state index in [9.17, 15) is 9.59 Å². The van der Waals surface area contributed by atoms with Crippen molar-refractivity contribution in [2.45, 2.75) is 32.0 Å². The van der Waals surface area contributed by atoms with Gasteiger partial charge in [-0.3, -0.25) is 9.59 Å².